The first-order chi connectivity index (χ1) is 7.60. The molecule has 0 aliphatic rings. The molecule has 0 saturated carbocycles. The van der Waals surface area contributed by atoms with Crippen LogP contribution in [0.1, 0.15) is 13.8 Å². The molecule has 16 heavy (non-hydrogen) atoms. The quantitative estimate of drug-likeness (QED) is 0.559. The minimum absolute atomic E-state index is 0.0102. The number of hydrogen-bond donors (Lipinski definition) is 2. The standard InChI is InChI=1S/C11H25NO4/c1-9(6-14-3)12-5-11(13)8-16-10(2)7-15-4/h9-13H,5-8H2,1-4H3. The molecule has 0 fully saturated rings. The molecule has 0 radical (unpaired) electrons. The fraction of sp³-hybridized carbons (Fsp3) is 1.00. The highest BCUT2D eigenvalue weighted by Crippen LogP contribution is 1.94. The summed E-state index contributed by atoms with van der Waals surface area (Å²) in [6.45, 7) is 5.91. The third-order valence-electron chi connectivity index (χ3n) is 2.09. The Hall–Kier alpha value is -0.200. The molecule has 0 aliphatic carbocycles. The van der Waals surface area contributed by atoms with Crippen molar-refractivity contribution in [2.75, 3.05) is 40.6 Å². The van der Waals surface area contributed by atoms with Crippen molar-refractivity contribution in [2.24, 2.45) is 0 Å². The Labute approximate surface area is 98.1 Å². The number of aliphatic hydroxyl groups is 1. The van der Waals surface area contributed by atoms with Crippen molar-refractivity contribution in [3.05, 3.63) is 0 Å². The molecular weight excluding hydrogens is 210 g/mol. The van der Waals surface area contributed by atoms with Crippen LogP contribution in [0, 0.1) is 0 Å². The molecule has 0 aromatic heterocycles. The topological polar surface area (TPSA) is 60.0 Å². The molecule has 98 valence electrons. The van der Waals surface area contributed by atoms with E-state index in [0.717, 1.165) is 0 Å². The van der Waals surface area contributed by atoms with Gasteiger partial charge in [0, 0.05) is 26.8 Å². The van der Waals surface area contributed by atoms with E-state index < -0.39 is 6.10 Å². The normalized spacial score (nSPS) is 17.1. The molecule has 0 aliphatic heterocycles. The van der Waals surface area contributed by atoms with Gasteiger partial charge in [0.05, 0.1) is 32.0 Å². The van der Waals surface area contributed by atoms with Gasteiger partial charge in [-0.25, -0.2) is 0 Å². The van der Waals surface area contributed by atoms with Gasteiger partial charge in [0.1, 0.15) is 0 Å². The summed E-state index contributed by atoms with van der Waals surface area (Å²) in [5.41, 5.74) is 0. The van der Waals surface area contributed by atoms with Crippen LogP contribution in [-0.4, -0.2) is 63.9 Å². The van der Waals surface area contributed by atoms with Gasteiger partial charge in [-0.2, -0.15) is 0 Å². The molecule has 0 amide bonds. The maximum atomic E-state index is 9.61. The summed E-state index contributed by atoms with van der Waals surface area (Å²) in [6.07, 6.45) is -0.491. The molecule has 0 aromatic carbocycles. The first-order valence-corrected chi connectivity index (χ1v) is 5.61. The van der Waals surface area contributed by atoms with E-state index >= 15 is 0 Å². The summed E-state index contributed by atoms with van der Waals surface area (Å²) >= 11 is 0. The van der Waals surface area contributed by atoms with Crippen LogP contribution in [0.3, 0.4) is 0 Å². The lowest BCUT2D eigenvalue weighted by atomic mass is 10.3. The number of rotatable bonds is 10. The SMILES string of the molecule is COCC(C)NCC(O)COC(C)COC. The van der Waals surface area contributed by atoms with Crippen molar-refractivity contribution in [3.8, 4) is 0 Å². The predicted octanol–water partition coefficient (Wildman–Crippen LogP) is 0.0233. The molecule has 2 N–H and O–H groups in total. The summed E-state index contributed by atoms with van der Waals surface area (Å²) in [7, 11) is 3.29. The van der Waals surface area contributed by atoms with E-state index in [4.69, 9.17) is 14.2 Å². The van der Waals surface area contributed by atoms with Gasteiger partial charge in [-0.3, -0.25) is 0 Å². The molecule has 0 rings (SSSR count). The molecular formula is C11H25NO4. The Morgan fingerprint density at radius 2 is 1.69 bits per heavy atom. The average molecular weight is 235 g/mol. The molecule has 0 spiro atoms. The maximum Gasteiger partial charge on any atom is 0.0897 e. The van der Waals surface area contributed by atoms with Gasteiger partial charge in [0.15, 0.2) is 0 Å². The Bertz CT molecular complexity index is 141. The third kappa shape index (κ3) is 9.06. The van der Waals surface area contributed by atoms with Gasteiger partial charge in [0.25, 0.3) is 0 Å². The van der Waals surface area contributed by atoms with Crippen LogP contribution in [0.15, 0.2) is 0 Å². The monoisotopic (exact) mass is 235 g/mol. The number of aliphatic hydroxyl groups excluding tert-OH is 1. The van der Waals surface area contributed by atoms with Gasteiger partial charge in [-0.15, -0.1) is 0 Å². The molecule has 3 unspecified atom stereocenters. The molecule has 0 heterocycles. The second kappa shape index (κ2) is 9.99. The maximum absolute atomic E-state index is 9.61. The van der Waals surface area contributed by atoms with Gasteiger partial charge in [-0.05, 0) is 13.8 Å². The van der Waals surface area contributed by atoms with Crippen LogP contribution in [0.5, 0.6) is 0 Å². The van der Waals surface area contributed by atoms with Gasteiger partial charge in [0.2, 0.25) is 0 Å². The van der Waals surface area contributed by atoms with Crippen molar-refractivity contribution in [1.82, 2.24) is 5.32 Å². The zero-order chi connectivity index (χ0) is 12.4. The van der Waals surface area contributed by atoms with E-state index in [2.05, 4.69) is 5.32 Å². The molecule has 3 atom stereocenters. The zero-order valence-corrected chi connectivity index (χ0v) is 10.7. The van der Waals surface area contributed by atoms with E-state index in [1.165, 1.54) is 0 Å². The van der Waals surface area contributed by atoms with Gasteiger partial charge in [-0.1, -0.05) is 0 Å². The van der Waals surface area contributed by atoms with E-state index in [9.17, 15) is 5.11 Å². The van der Waals surface area contributed by atoms with Crippen LogP contribution < -0.4 is 5.32 Å². The predicted molar refractivity (Wildman–Crippen MR) is 62.6 cm³/mol. The Morgan fingerprint density at radius 3 is 2.25 bits per heavy atom. The minimum Gasteiger partial charge on any atom is -0.389 e. The van der Waals surface area contributed by atoms with Crippen molar-refractivity contribution >= 4 is 0 Å². The average Bonchev–Trinajstić information content (AvgIpc) is 2.24. The highest BCUT2D eigenvalue weighted by atomic mass is 16.5. The van der Waals surface area contributed by atoms with Crippen LogP contribution in [-0.2, 0) is 14.2 Å². The van der Waals surface area contributed by atoms with E-state index in [-0.39, 0.29) is 12.1 Å². The molecule has 0 bridgehead atoms. The molecule has 5 nitrogen and oxygen atoms in total. The van der Waals surface area contributed by atoms with E-state index in [1.54, 1.807) is 14.2 Å². The van der Waals surface area contributed by atoms with Crippen LogP contribution >= 0.6 is 0 Å². The van der Waals surface area contributed by atoms with Crippen molar-refractivity contribution in [1.29, 1.82) is 0 Å². The Kier molecular flexibility index (Phi) is 9.86. The highest BCUT2D eigenvalue weighted by Gasteiger charge is 2.09. The number of ether oxygens (including phenoxy) is 3. The van der Waals surface area contributed by atoms with Crippen molar-refractivity contribution in [2.45, 2.75) is 32.1 Å². The van der Waals surface area contributed by atoms with Crippen LogP contribution in [0.25, 0.3) is 0 Å². The van der Waals surface area contributed by atoms with E-state index in [1.807, 2.05) is 13.8 Å². The fourth-order valence-electron chi connectivity index (χ4n) is 1.26. The lowest BCUT2D eigenvalue weighted by molar-refractivity contribution is -0.0319. The first-order valence-electron chi connectivity index (χ1n) is 5.61. The van der Waals surface area contributed by atoms with Gasteiger partial charge < -0.3 is 24.6 Å². The lowest BCUT2D eigenvalue weighted by Gasteiger charge is -2.18. The van der Waals surface area contributed by atoms with Crippen LogP contribution in [0.2, 0.25) is 0 Å². The summed E-state index contributed by atoms with van der Waals surface area (Å²) in [6, 6.07) is 0.232. The third-order valence-corrected chi connectivity index (χ3v) is 2.09. The number of hydrogen-bond acceptors (Lipinski definition) is 5. The summed E-state index contributed by atoms with van der Waals surface area (Å²) in [4.78, 5) is 0. The lowest BCUT2D eigenvalue weighted by Crippen LogP contribution is -2.38. The second-order valence-corrected chi connectivity index (χ2v) is 4.02. The molecule has 0 saturated heterocycles. The fourth-order valence-corrected chi connectivity index (χ4v) is 1.26. The molecule has 0 aromatic rings. The highest BCUT2D eigenvalue weighted by molar-refractivity contribution is 4.64. The van der Waals surface area contributed by atoms with Crippen LogP contribution in [0.4, 0.5) is 0 Å². The second-order valence-electron chi connectivity index (χ2n) is 4.02. The summed E-state index contributed by atoms with van der Waals surface area (Å²) < 4.78 is 15.3. The minimum atomic E-state index is -0.501. The smallest absolute Gasteiger partial charge is 0.0897 e. The summed E-state index contributed by atoms with van der Waals surface area (Å²) in [5, 5.41) is 12.8. The summed E-state index contributed by atoms with van der Waals surface area (Å²) in [5.74, 6) is 0. The largest absolute Gasteiger partial charge is 0.389 e. The van der Waals surface area contributed by atoms with Crippen molar-refractivity contribution < 1.29 is 19.3 Å². The first kappa shape index (κ1) is 15.8. The Morgan fingerprint density at radius 1 is 1.06 bits per heavy atom. The number of methoxy groups -OCH3 is 2. The van der Waals surface area contributed by atoms with Gasteiger partial charge >= 0.3 is 0 Å². The number of nitrogens with one attached hydrogen (secondary N) is 1. The zero-order valence-electron chi connectivity index (χ0n) is 10.7. The Balaban J connectivity index is 3.46. The van der Waals surface area contributed by atoms with E-state index in [0.29, 0.717) is 26.4 Å². The molecule has 5 heteroatoms. The van der Waals surface area contributed by atoms with Crippen molar-refractivity contribution in [3.63, 3.8) is 0 Å².